The first-order valence-electron chi connectivity index (χ1n) is 12.0. The number of benzene rings is 1. The van der Waals surface area contributed by atoms with Crippen molar-refractivity contribution in [3.63, 3.8) is 0 Å². The van der Waals surface area contributed by atoms with Gasteiger partial charge in [0.2, 0.25) is 0 Å². The third-order valence-corrected chi connectivity index (χ3v) is 6.40. The summed E-state index contributed by atoms with van der Waals surface area (Å²) in [5.74, 6) is -0.726. The quantitative estimate of drug-likeness (QED) is 0.305. The fourth-order valence-corrected chi connectivity index (χ4v) is 4.29. The predicted molar refractivity (Wildman–Crippen MR) is 142 cm³/mol. The van der Waals surface area contributed by atoms with Crippen molar-refractivity contribution < 1.29 is 18.8 Å². The van der Waals surface area contributed by atoms with Gasteiger partial charge in [-0.1, -0.05) is 5.16 Å². The molecule has 0 aliphatic rings. The molecule has 1 aromatic carbocycles. The molecule has 4 aromatic heterocycles. The average Bonchev–Trinajstić information content (AvgIpc) is 3.61. The van der Waals surface area contributed by atoms with Gasteiger partial charge < -0.3 is 20.3 Å². The number of fused-ring (bicyclic) bond motifs is 1. The molecule has 1 atom stereocenters. The standard InChI is InChI=1S/C28H24FN7O3/c1-28(2,38)26(29)16-35(24-7-9-32-15-22(24)27(31)37)18-3-5-20(23-8-10-39-34-23)21(12-18)25-6-4-19-11-17(13-30)14-33-36(19)25/h3-12,14-15,26,38H,16H2,1-2H3,(H2,31,37)/t26-/m1/s1. The molecule has 0 aliphatic carbocycles. The van der Waals surface area contributed by atoms with Crippen LogP contribution < -0.4 is 10.6 Å². The summed E-state index contributed by atoms with van der Waals surface area (Å²) in [5, 5.41) is 28.2. The second kappa shape index (κ2) is 10.00. The van der Waals surface area contributed by atoms with E-state index in [1.807, 2.05) is 18.2 Å². The van der Waals surface area contributed by atoms with Crippen LogP contribution in [-0.2, 0) is 0 Å². The lowest BCUT2D eigenvalue weighted by atomic mass is 9.98. The van der Waals surface area contributed by atoms with E-state index in [9.17, 15) is 15.2 Å². The number of nitriles is 1. The molecule has 0 saturated carbocycles. The number of nitrogens with two attached hydrogens (primary N) is 1. The fourth-order valence-electron chi connectivity index (χ4n) is 4.29. The normalized spacial score (nSPS) is 12.3. The molecule has 4 heterocycles. The van der Waals surface area contributed by atoms with Crippen LogP contribution in [0.15, 0.2) is 77.9 Å². The molecule has 3 N–H and O–H groups in total. The van der Waals surface area contributed by atoms with Crippen LogP contribution in [0, 0.1) is 11.3 Å². The molecule has 1 amide bonds. The van der Waals surface area contributed by atoms with Gasteiger partial charge in [-0.25, -0.2) is 8.91 Å². The van der Waals surface area contributed by atoms with Crippen LogP contribution in [0.5, 0.6) is 0 Å². The number of aliphatic hydroxyl groups is 1. The lowest BCUT2D eigenvalue weighted by Crippen LogP contribution is -2.41. The molecule has 0 bridgehead atoms. The van der Waals surface area contributed by atoms with Crippen LogP contribution in [0.2, 0.25) is 0 Å². The Labute approximate surface area is 222 Å². The van der Waals surface area contributed by atoms with Crippen LogP contribution >= 0.6 is 0 Å². The number of amides is 1. The minimum atomic E-state index is -1.69. The van der Waals surface area contributed by atoms with Crippen molar-refractivity contribution in [1.29, 1.82) is 5.26 Å². The first-order chi connectivity index (χ1) is 18.7. The zero-order valence-corrected chi connectivity index (χ0v) is 21.1. The average molecular weight is 526 g/mol. The summed E-state index contributed by atoms with van der Waals surface area (Å²) in [5.41, 5.74) is 8.67. The van der Waals surface area contributed by atoms with Crippen LogP contribution in [0.25, 0.3) is 28.0 Å². The smallest absolute Gasteiger partial charge is 0.252 e. The summed E-state index contributed by atoms with van der Waals surface area (Å²) in [6, 6.07) is 16.2. The maximum absolute atomic E-state index is 15.3. The molecule has 196 valence electrons. The van der Waals surface area contributed by atoms with Crippen molar-refractivity contribution in [2.75, 3.05) is 11.4 Å². The van der Waals surface area contributed by atoms with Crippen molar-refractivity contribution in [2.45, 2.75) is 25.6 Å². The Kier molecular flexibility index (Phi) is 6.55. The molecule has 5 rings (SSSR count). The summed E-state index contributed by atoms with van der Waals surface area (Å²) in [4.78, 5) is 17.8. The third kappa shape index (κ3) is 4.93. The zero-order chi connectivity index (χ0) is 27.7. The summed E-state index contributed by atoms with van der Waals surface area (Å²) < 4.78 is 22.1. The number of hydrogen-bond acceptors (Lipinski definition) is 8. The summed E-state index contributed by atoms with van der Waals surface area (Å²) in [6.45, 7) is 2.48. The Hall–Kier alpha value is -5.08. The zero-order valence-electron chi connectivity index (χ0n) is 21.1. The van der Waals surface area contributed by atoms with Gasteiger partial charge in [0.25, 0.3) is 5.91 Å². The van der Waals surface area contributed by atoms with Crippen molar-refractivity contribution >= 4 is 22.8 Å². The number of alkyl halides is 1. The molecule has 0 radical (unpaired) electrons. The molecule has 0 spiro atoms. The van der Waals surface area contributed by atoms with E-state index in [1.165, 1.54) is 38.7 Å². The summed E-state index contributed by atoms with van der Waals surface area (Å²) >= 11 is 0. The third-order valence-electron chi connectivity index (χ3n) is 6.40. The Bertz CT molecular complexity index is 1700. The van der Waals surface area contributed by atoms with Gasteiger partial charge in [-0.15, -0.1) is 0 Å². The number of nitrogens with zero attached hydrogens (tertiary/aromatic N) is 6. The van der Waals surface area contributed by atoms with Crippen molar-refractivity contribution in [3.05, 3.63) is 84.5 Å². The first kappa shape index (κ1) is 25.6. The van der Waals surface area contributed by atoms with E-state index in [4.69, 9.17) is 10.3 Å². The van der Waals surface area contributed by atoms with E-state index in [2.05, 4.69) is 21.3 Å². The van der Waals surface area contributed by atoms with Crippen LogP contribution in [-0.4, -0.2) is 49.1 Å². The van der Waals surface area contributed by atoms with E-state index in [1.54, 1.807) is 39.7 Å². The number of aromatic nitrogens is 4. The first-order valence-corrected chi connectivity index (χ1v) is 12.0. The lowest BCUT2D eigenvalue weighted by molar-refractivity contribution is 0.00145. The number of hydrogen-bond donors (Lipinski definition) is 2. The molecule has 10 nitrogen and oxygen atoms in total. The molecular formula is C28H24FN7O3. The molecular weight excluding hydrogens is 501 g/mol. The van der Waals surface area contributed by atoms with Gasteiger partial charge in [-0.3, -0.25) is 9.78 Å². The second-order valence-electron chi connectivity index (χ2n) is 9.51. The molecule has 0 saturated heterocycles. The van der Waals surface area contributed by atoms with E-state index in [0.717, 1.165) is 0 Å². The van der Waals surface area contributed by atoms with Crippen molar-refractivity contribution in [3.8, 4) is 28.6 Å². The van der Waals surface area contributed by atoms with Crippen LogP contribution in [0.4, 0.5) is 15.8 Å². The van der Waals surface area contributed by atoms with Gasteiger partial charge in [0.1, 0.15) is 24.2 Å². The number of halogens is 1. The topological polar surface area (TPSA) is 147 Å². The van der Waals surface area contributed by atoms with E-state index in [-0.39, 0.29) is 12.1 Å². The molecule has 0 fully saturated rings. The highest BCUT2D eigenvalue weighted by molar-refractivity contribution is 5.99. The van der Waals surface area contributed by atoms with Gasteiger partial charge in [0.05, 0.1) is 46.4 Å². The second-order valence-corrected chi connectivity index (χ2v) is 9.51. The molecule has 39 heavy (non-hydrogen) atoms. The van der Waals surface area contributed by atoms with E-state index < -0.39 is 17.7 Å². The highest BCUT2D eigenvalue weighted by atomic mass is 19.1. The fraction of sp³-hybridized carbons (Fsp3) is 0.179. The largest absolute Gasteiger partial charge is 0.387 e. The predicted octanol–water partition coefficient (Wildman–Crippen LogP) is 4.27. The minimum absolute atomic E-state index is 0.0985. The molecule has 0 unspecified atom stereocenters. The van der Waals surface area contributed by atoms with E-state index in [0.29, 0.717) is 45.0 Å². The van der Waals surface area contributed by atoms with Crippen LogP contribution in [0.1, 0.15) is 29.8 Å². The highest BCUT2D eigenvalue weighted by Gasteiger charge is 2.31. The Morgan fingerprint density at radius 2 is 2.03 bits per heavy atom. The van der Waals surface area contributed by atoms with Gasteiger partial charge in [0, 0.05) is 35.3 Å². The summed E-state index contributed by atoms with van der Waals surface area (Å²) in [7, 11) is 0. The van der Waals surface area contributed by atoms with Crippen molar-refractivity contribution in [2.24, 2.45) is 5.73 Å². The van der Waals surface area contributed by atoms with Gasteiger partial charge in [0.15, 0.2) is 0 Å². The number of primary amides is 1. The lowest BCUT2D eigenvalue weighted by Gasteiger charge is -2.32. The monoisotopic (exact) mass is 525 g/mol. The summed E-state index contributed by atoms with van der Waals surface area (Å²) in [6.07, 6.45) is 4.04. The van der Waals surface area contributed by atoms with Gasteiger partial charge in [-0.05, 0) is 56.3 Å². The van der Waals surface area contributed by atoms with Gasteiger partial charge >= 0.3 is 0 Å². The van der Waals surface area contributed by atoms with Crippen LogP contribution in [0.3, 0.4) is 0 Å². The Morgan fingerprint density at radius 1 is 1.21 bits per heavy atom. The van der Waals surface area contributed by atoms with Gasteiger partial charge in [-0.2, -0.15) is 10.4 Å². The number of carbonyl (C=O) groups is 1. The molecule has 11 heteroatoms. The maximum Gasteiger partial charge on any atom is 0.252 e. The number of rotatable bonds is 8. The number of carbonyl (C=O) groups excluding carboxylic acids is 1. The van der Waals surface area contributed by atoms with Crippen molar-refractivity contribution in [1.82, 2.24) is 19.8 Å². The maximum atomic E-state index is 15.3. The Morgan fingerprint density at radius 3 is 2.72 bits per heavy atom. The minimum Gasteiger partial charge on any atom is -0.387 e. The Balaban J connectivity index is 1.73. The molecule has 0 aliphatic heterocycles. The number of anilines is 2. The number of pyridine rings is 1. The SMILES string of the molecule is CC(C)(O)[C@H](F)CN(c1ccc(-c2ccon2)c(-c2ccc3cc(C#N)cnn23)c1)c1ccncc1C(N)=O. The molecule has 5 aromatic rings. The highest BCUT2D eigenvalue weighted by Crippen LogP contribution is 2.38. The van der Waals surface area contributed by atoms with E-state index >= 15 is 4.39 Å².